The van der Waals surface area contributed by atoms with Gasteiger partial charge in [-0.2, -0.15) is 0 Å². The molecule has 0 aromatic heterocycles. The first kappa shape index (κ1) is 14.8. The number of carbonyl (C=O) groups excluding carboxylic acids is 1. The molecule has 4 nitrogen and oxygen atoms in total. The molecule has 1 amide bonds. The first-order chi connectivity index (χ1) is 8.52. The average molecular weight is 315 g/mol. The molecule has 0 bridgehead atoms. The Bertz CT molecular complexity index is 390. The summed E-state index contributed by atoms with van der Waals surface area (Å²) in [5, 5.41) is 2.83. The van der Waals surface area contributed by atoms with Gasteiger partial charge in [0.25, 0.3) is 5.91 Å². The Hall–Kier alpha value is -1.23. The molecule has 1 aromatic carbocycles. The monoisotopic (exact) mass is 314 g/mol. The molecule has 0 saturated heterocycles. The number of hydrogen-bond acceptors (Lipinski definition) is 3. The normalized spacial score (nSPS) is 11.9. The number of nitrogens with two attached hydrogens (primary N) is 1. The lowest BCUT2D eigenvalue weighted by molar-refractivity contribution is -0.127. The van der Waals surface area contributed by atoms with Crippen LogP contribution in [0.4, 0.5) is 5.69 Å². The molecule has 0 aliphatic rings. The molecular formula is C13H19BrN2O2. The first-order valence-electron chi connectivity index (χ1n) is 6.03. The van der Waals surface area contributed by atoms with Crippen LogP contribution < -0.4 is 15.8 Å². The molecule has 1 atom stereocenters. The van der Waals surface area contributed by atoms with E-state index in [0.29, 0.717) is 18.0 Å². The highest BCUT2D eigenvalue weighted by Gasteiger charge is 2.14. The second-order valence-electron chi connectivity index (χ2n) is 4.12. The Balaban J connectivity index is 2.52. The second-order valence-corrected chi connectivity index (χ2v) is 5.04. The SMILES string of the molecule is CCCCNC(=O)C(C)Oc1cc(N)cc(Br)c1. The number of carbonyl (C=O) groups is 1. The minimum atomic E-state index is -0.532. The van der Waals surface area contributed by atoms with Crippen LogP contribution in [0.1, 0.15) is 26.7 Å². The van der Waals surface area contributed by atoms with Crippen LogP contribution in [0.3, 0.4) is 0 Å². The summed E-state index contributed by atoms with van der Waals surface area (Å²) in [6.07, 6.45) is 1.50. The van der Waals surface area contributed by atoms with E-state index in [-0.39, 0.29) is 5.91 Å². The molecule has 3 N–H and O–H groups in total. The number of amides is 1. The Labute approximate surface area is 116 Å². The zero-order chi connectivity index (χ0) is 13.5. The van der Waals surface area contributed by atoms with Gasteiger partial charge in [0.05, 0.1) is 0 Å². The Morgan fingerprint density at radius 2 is 2.22 bits per heavy atom. The molecule has 0 heterocycles. The average Bonchev–Trinajstić information content (AvgIpc) is 2.27. The van der Waals surface area contributed by atoms with Gasteiger partial charge in [-0.05, 0) is 25.5 Å². The lowest BCUT2D eigenvalue weighted by Gasteiger charge is -2.15. The summed E-state index contributed by atoms with van der Waals surface area (Å²) in [7, 11) is 0. The fourth-order valence-electron chi connectivity index (χ4n) is 1.44. The largest absolute Gasteiger partial charge is 0.481 e. The van der Waals surface area contributed by atoms with Gasteiger partial charge in [0.2, 0.25) is 0 Å². The van der Waals surface area contributed by atoms with Gasteiger partial charge in [-0.15, -0.1) is 0 Å². The predicted octanol–water partition coefficient (Wildman–Crippen LogP) is 2.71. The summed E-state index contributed by atoms with van der Waals surface area (Å²) in [6.45, 7) is 4.48. The van der Waals surface area contributed by atoms with E-state index in [1.54, 1.807) is 25.1 Å². The number of benzene rings is 1. The highest BCUT2D eigenvalue weighted by molar-refractivity contribution is 9.10. The van der Waals surface area contributed by atoms with Crippen LogP contribution in [0.15, 0.2) is 22.7 Å². The summed E-state index contributed by atoms with van der Waals surface area (Å²) >= 11 is 3.33. The number of halogens is 1. The minimum Gasteiger partial charge on any atom is -0.481 e. The van der Waals surface area contributed by atoms with Crippen molar-refractivity contribution in [2.24, 2.45) is 0 Å². The maximum atomic E-state index is 11.7. The van der Waals surface area contributed by atoms with Gasteiger partial charge in [-0.1, -0.05) is 29.3 Å². The maximum absolute atomic E-state index is 11.7. The van der Waals surface area contributed by atoms with Crippen molar-refractivity contribution in [2.45, 2.75) is 32.8 Å². The molecule has 100 valence electrons. The Kier molecular flexibility index (Phi) is 5.98. The molecule has 0 aliphatic heterocycles. The molecule has 1 unspecified atom stereocenters. The fraction of sp³-hybridized carbons (Fsp3) is 0.462. The van der Waals surface area contributed by atoms with Crippen molar-refractivity contribution in [2.75, 3.05) is 12.3 Å². The van der Waals surface area contributed by atoms with Crippen LogP contribution in [0, 0.1) is 0 Å². The lowest BCUT2D eigenvalue weighted by Crippen LogP contribution is -2.36. The summed E-state index contributed by atoms with van der Waals surface area (Å²) in [6, 6.07) is 5.26. The zero-order valence-corrected chi connectivity index (χ0v) is 12.3. The van der Waals surface area contributed by atoms with Crippen LogP contribution in [-0.2, 0) is 4.79 Å². The second kappa shape index (κ2) is 7.26. The van der Waals surface area contributed by atoms with Gasteiger partial charge in [0, 0.05) is 22.8 Å². The Morgan fingerprint density at radius 1 is 1.50 bits per heavy atom. The topological polar surface area (TPSA) is 64.3 Å². The van der Waals surface area contributed by atoms with E-state index >= 15 is 0 Å². The molecule has 0 radical (unpaired) electrons. The van der Waals surface area contributed by atoms with E-state index in [1.807, 2.05) is 0 Å². The highest BCUT2D eigenvalue weighted by Crippen LogP contribution is 2.23. The third kappa shape index (κ3) is 4.96. The van der Waals surface area contributed by atoms with E-state index in [0.717, 1.165) is 17.3 Å². The molecule has 0 fully saturated rings. The molecule has 18 heavy (non-hydrogen) atoms. The summed E-state index contributed by atoms with van der Waals surface area (Å²) in [4.78, 5) is 11.7. The minimum absolute atomic E-state index is 0.109. The van der Waals surface area contributed by atoms with Gasteiger partial charge in [0.1, 0.15) is 5.75 Å². The van der Waals surface area contributed by atoms with E-state index in [2.05, 4.69) is 28.2 Å². The summed E-state index contributed by atoms with van der Waals surface area (Å²) < 4.78 is 6.38. The third-order valence-electron chi connectivity index (χ3n) is 2.41. The first-order valence-corrected chi connectivity index (χ1v) is 6.82. The quantitative estimate of drug-likeness (QED) is 0.627. The molecular weight excluding hydrogens is 296 g/mol. The van der Waals surface area contributed by atoms with Gasteiger partial charge < -0.3 is 15.8 Å². The third-order valence-corrected chi connectivity index (χ3v) is 2.86. The van der Waals surface area contributed by atoms with Crippen molar-refractivity contribution in [3.63, 3.8) is 0 Å². The van der Waals surface area contributed by atoms with Gasteiger partial charge in [-0.3, -0.25) is 4.79 Å². The smallest absolute Gasteiger partial charge is 0.260 e. The maximum Gasteiger partial charge on any atom is 0.260 e. The Morgan fingerprint density at radius 3 is 2.83 bits per heavy atom. The number of nitrogen functional groups attached to an aromatic ring is 1. The molecule has 0 saturated carbocycles. The molecule has 0 spiro atoms. The lowest BCUT2D eigenvalue weighted by atomic mass is 10.3. The zero-order valence-electron chi connectivity index (χ0n) is 10.7. The number of ether oxygens (including phenoxy) is 1. The van der Waals surface area contributed by atoms with Crippen molar-refractivity contribution >= 4 is 27.5 Å². The number of rotatable bonds is 6. The number of anilines is 1. The highest BCUT2D eigenvalue weighted by atomic mass is 79.9. The van der Waals surface area contributed by atoms with Crippen molar-refractivity contribution in [3.8, 4) is 5.75 Å². The van der Waals surface area contributed by atoms with Crippen LogP contribution in [0.5, 0.6) is 5.75 Å². The number of nitrogens with one attached hydrogen (secondary N) is 1. The number of hydrogen-bond donors (Lipinski definition) is 2. The van der Waals surface area contributed by atoms with Crippen molar-refractivity contribution in [3.05, 3.63) is 22.7 Å². The van der Waals surface area contributed by atoms with Gasteiger partial charge in [0.15, 0.2) is 6.10 Å². The summed E-state index contributed by atoms with van der Waals surface area (Å²) in [5.74, 6) is 0.474. The predicted molar refractivity (Wildman–Crippen MR) is 76.6 cm³/mol. The molecule has 1 aromatic rings. The van der Waals surface area contributed by atoms with E-state index in [4.69, 9.17) is 10.5 Å². The molecule has 5 heteroatoms. The fourth-order valence-corrected chi connectivity index (χ4v) is 1.93. The van der Waals surface area contributed by atoms with E-state index in [1.165, 1.54) is 0 Å². The number of unbranched alkanes of at least 4 members (excludes halogenated alkanes) is 1. The molecule has 1 rings (SSSR count). The van der Waals surface area contributed by atoms with Crippen LogP contribution in [0.2, 0.25) is 0 Å². The van der Waals surface area contributed by atoms with Crippen molar-refractivity contribution in [1.82, 2.24) is 5.32 Å². The van der Waals surface area contributed by atoms with Gasteiger partial charge >= 0.3 is 0 Å². The van der Waals surface area contributed by atoms with E-state index < -0.39 is 6.10 Å². The van der Waals surface area contributed by atoms with Crippen molar-refractivity contribution < 1.29 is 9.53 Å². The van der Waals surface area contributed by atoms with Crippen LogP contribution >= 0.6 is 15.9 Å². The van der Waals surface area contributed by atoms with Crippen LogP contribution in [0.25, 0.3) is 0 Å². The van der Waals surface area contributed by atoms with E-state index in [9.17, 15) is 4.79 Å². The van der Waals surface area contributed by atoms with Crippen LogP contribution in [-0.4, -0.2) is 18.6 Å². The standard InChI is InChI=1S/C13H19BrN2O2/c1-3-4-5-16-13(17)9(2)18-12-7-10(14)6-11(15)8-12/h6-9H,3-5,15H2,1-2H3,(H,16,17). The van der Waals surface area contributed by atoms with Crippen molar-refractivity contribution in [1.29, 1.82) is 0 Å². The van der Waals surface area contributed by atoms with Gasteiger partial charge in [-0.25, -0.2) is 0 Å². The molecule has 0 aliphatic carbocycles. The summed E-state index contributed by atoms with van der Waals surface area (Å²) in [5.41, 5.74) is 6.29.